The van der Waals surface area contributed by atoms with E-state index in [2.05, 4.69) is 38.1 Å². The topological polar surface area (TPSA) is 54.0 Å². The Bertz CT molecular complexity index is 1190. The molecule has 0 saturated carbocycles. The molecule has 3 aromatic carbocycles. The van der Waals surface area contributed by atoms with Crippen molar-refractivity contribution in [1.29, 1.82) is 0 Å². The molecule has 5 nitrogen and oxygen atoms in total. The molecule has 1 aliphatic heterocycles. The van der Waals surface area contributed by atoms with Gasteiger partial charge in [-0.25, -0.2) is 4.39 Å². The van der Waals surface area contributed by atoms with E-state index in [4.69, 9.17) is 18.9 Å². The lowest BCUT2D eigenvalue weighted by Crippen LogP contribution is -2.25. The van der Waals surface area contributed by atoms with Crippen molar-refractivity contribution in [1.82, 2.24) is 0 Å². The SMILES string of the molecule is CCOC(=O)CCc1ccc(OCc2cccc(-c3c(C)cc(OC4CCOCC4)cc3C)c2)cc1F. The lowest BCUT2D eigenvalue weighted by atomic mass is 9.94. The van der Waals surface area contributed by atoms with Crippen LogP contribution in [0, 0.1) is 19.7 Å². The number of rotatable bonds is 10. The minimum atomic E-state index is -0.384. The van der Waals surface area contributed by atoms with Crippen LogP contribution < -0.4 is 9.47 Å². The minimum Gasteiger partial charge on any atom is -0.490 e. The molecule has 0 bridgehead atoms. The van der Waals surface area contributed by atoms with Crippen molar-refractivity contribution in [2.45, 2.75) is 59.2 Å². The number of ether oxygens (including phenoxy) is 4. The summed E-state index contributed by atoms with van der Waals surface area (Å²) in [4.78, 5) is 11.5. The highest BCUT2D eigenvalue weighted by Gasteiger charge is 2.17. The lowest BCUT2D eigenvalue weighted by molar-refractivity contribution is -0.143. The van der Waals surface area contributed by atoms with Crippen LogP contribution in [0.2, 0.25) is 0 Å². The first kappa shape index (κ1) is 26.7. The molecule has 6 heteroatoms. The van der Waals surface area contributed by atoms with Crippen LogP contribution in [0.1, 0.15) is 48.4 Å². The first-order valence-corrected chi connectivity index (χ1v) is 12.9. The summed E-state index contributed by atoms with van der Waals surface area (Å²) < 4.78 is 37.0. The molecule has 0 aliphatic carbocycles. The maximum atomic E-state index is 14.5. The van der Waals surface area contributed by atoms with Crippen LogP contribution in [0.4, 0.5) is 4.39 Å². The first-order valence-electron chi connectivity index (χ1n) is 12.9. The maximum absolute atomic E-state index is 14.5. The number of carbonyl (C=O) groups excluding carboxylic acids is 1. The third kappa shape index (κ3) is 7.32. The van der Waals surface area contributed by atoms with Crippen LogP contribution in [-0.2, 0) is 27.3 Å². The standard InChI is InChI=1S/C31H35FO5/c1-4-35-30(33)11-9-24-8-10-27(19-29(24)32)36-20-23-6-5-7-25(18-23)31-21(2)16-28(17-22(31)3)37-26-12-14-34-15-13-26/h5-8,10,16-19,26H,4,9,11-15,20H2,1-3H3. The monoisotopic (exact) mass is 506 g/mol. The molecule has 0 atom stereocenters. The third-order valence-electron chi connectivity index (χ3n) is 6.53. The summed E-state index contributed by atoms with van der Waals surface area (Å²) in [5.74, 6) is 0.640. The summed E-state index contributed by atoms with van der Waals surface area (Å²) in [7, 11) is 0. The molecule has 0 radical (unpaired) electrons. The second kappa shape index (κ2) is 12.7. The van der Waals surface area contributed by atoms with Gasteiger partial charge in [0.25, 0.3) is 0 Å². The Hall–Kier alpha value is -3.38. The molecule has 3 aromatic rings. The Labute approximate surface area is 218 Å². The zero-order chi connectivity index (χ0) is 26.2. The van der Waals surface area contributed by atoms with Gasteiger partial charge in [-0.05, 0) is 84.8 Å². The molecular formula is C31H35FO5. The van der Waals surface area contributed by atoms with Crippen LogP contribution >= 0.6 is 0 Å². The summed E-state index contributed by atoms with van der Waals surface area (Å²) in [6.07, 6.45) is 2.49. The minimum absolute atomic E-state index is 0.152. The number of hydrogen-bond acceptors (Lipinski definition) is 5. The first-order chi connectivity index (χ1) is 17.9. The quantitative estimate of drug-likeness (QED) is 0.285. The molecule has 0 amide bonds. The van der Waals surface area contributed by atoms with Crippen molar-refractivity contribution in [2.24, 2.45) is 0 Å². The molecule has 0 spiro atoms. The number of benzene rings is 3. The van der Waals surface area contributed by atoms with E-state index in [0.717, 1.165) is 54.1 Å². The zero-order valence-corrected chi connectivity index (χ0v) is 21.8. The molecular weight excluding hydrogens is 471 g/mol. The lowest BCUT2D eigenvalue weighted by Gasteiger charge is -2.24. The Kier molecular flexibility index (Phi) is 9.18. The molecule has 1 heterocycles. The summed E-state index contributed by atoms with van der Waals surface area (Å²) in [6.45, 7) is 8.11. The number of carbonyl (C=O) groups is 1. The molecule has 196 valence electrons. The number of halogens is 1. The van der Waals surface area contributed by atoms with Crippen molar-refractivity contribution in [3.8, 4) is 22.6 Å². The molecule has 0 N–H and O–H groups in total. The molecule has 0 unspecified atom stereocenters. The van der Waals surface area contributed by atoms with Gasteiger partial charge in [0.1, 0.15) is 30.0 Å². The van der Waals surface area contributed by atoms with Gasteiger partial charge in [-0.2, -0.15) is 0 Å². The Morgan fingerprint density at radius 1 is 1.00 bits per heavy atom. The Balaban J connectivity index is 1.40. The van der Waals surface area contributed by atoms with Crippen LogP contribution in [0.5, 0.6) is 11.5 Å². The Morgan fingerprint density at radius 2 is 1.76 bits per heavy atom. The van der Waals surface area contributed by atoms with Gasteiger partial charge in [-0.1, -0.05) is 24.3 Å². The van der Waals surface area contributed by atoms with Crippen molar-refractivity contribution in [3.05, 3.63) is 82.7 Å². The summed E-state index contributed by atoms with van der Waals surface area (Å²) >= 11 is 0. The smallest absolute Gasteiger partial charge is 0.306 e. The molecule has 1 fully saturated rings. The van der Waals surface area contributed by atoms with Gasteiger partial charge in [0.05, 0.1) is 19.8 Å². The maximum Gasteiger partial charge on any atom is 0.306 e. The molecule has 0 aromatic heterocycles. The van der Waals surface area contributed by atoms with E-state index >= 15 is 0 Å². The van der Waals surface area contributed by atoms with Crippen molar-refractivity contribution in [2.75, 3.05) is 19.8 Å². The van der Waals surface area contributed by atoms with Gasteiger partial charge in [0.2, 0.25) is 0 Å². The van der Waals surface area contributed by atoms with Gasteiger partial charge in [0, 0.05) is 25.3 Å². The van der Waals surface area contributed by atoms with Crippen LogP contribution in [0.15, 0.2) is 54.6 Å². The summed E-state index contributed by atoms with van der Waals surface area (Å²) in [5, 5.41) is 0. The van der Waals surface area contributed by atoms with E-state index in [0.29, 0.717) is 30.9 Å². The van der Waals surface area contributed by atoms with Crippen molar-refractivity contribution < 1.29 is 28.1 Å². The van der Waals surface area contributed by atoms with Gasteiger partial charge in [-0.3, -0.25) is 4.79 Å². The van der Waals surface area contributed by atoms with E-state index in [1.807, 2.05) is 12.1 Å². The second-order valence-electron chi connectivity index (χ2n) is 9.41. The van der Waals surface area contributed by atoms with Crippen molar-refractivity contribution >= 4 is 5.97 Å². The number of hydrogen-bond donors (Lipinski definition) is 0. The van der Waals surface area contributed by atoms with Gasteiger partial charge in [-0.15, -0.1) is 0 Å². The molecule has 1 saturated heterocycles. The molecule has 37 heavy (non-hydrogen) atoms. The number of esters is 1. The highest BCUT2D eigenvalue weighted by atomic mass is 19.1. The predicted molar refractivity (Wildman–Crippen MR) is 142 cm³/mol. The van der Waals surface area contributed by atoms with Crippen molar-refractivity contribution in [3.63, 3.8) is 0 Å². The second-order valence-corrected chi connectivity index (χ2v) is 9.41. The highest BCUT2D eigenvalue weighted by Crippen LogP contribution is 2.33. The molecule has 4 rings (SSSR count). The largest absolute Gasteiger partial charge is 0.490 e. The highest BCUT2D eigenvalue weighted by molar-refractivity contribution is 5.72. The van der Waals surface area contributed by atoms with Crippen LogP contribution in [0.3, 0.4) is 0 Å². The Morgan fingerprint density at radius 3 is 2.46 bits per heavy atom. The van der Waals surface area contributed by atoms with E-state index < -0.39 is 0 Å². The van der Waals surface area contributed by atoms with E-state index in [-0.39, 0.29) is 24.3 Å². The molecule has 1 aliphatic rings. The predicted octanol–water partition coefficient (Wildman–Crippen LogP) is 6.74. The number of aryl methyl sites for hydroxylation is 3. The van der Waals surface area contributed by atoms with Gasteiger partial charge < -0.3 is 18.9 Å². The van der Waals surface area contributed by atoms with E-state index in [9.17, 15) is 9.18 Å². The fraction of sp³-hybridized carbons (Fsp3) is 0.387. The average Bonchev–Trinajstić information content (AvgIpc) is 2.87. The fourth-order valence-corrected chi connectivity index (χ4v) is 4.71. The van der Waals surface area contributed by atoms with Gasteiger partial charge in [0.15, 0.2) is 0 Å². The average molecular weight is 507 g/mol. The van der Waals surface area contributed by atoms with E-state index in [1.165, 1.54) is 11.6 Å². The van der Waals surface area contributed by atoms with Crippen LogP contribution in [0.25, 0.3) is 11.1 Å². The van der Waals surface area contributed by atoms with E-state index in [1.54, 1.807) is 19.1 Å². The zero-order valence-electron chi connectivity index (χ0n) is 21.8. The van der Waals surface area contributed by atoms with Crippen LogP contribution in [-0.4, -0.2) is 31.9 Å². The normalized spacial score (nSPS) is 13.8. The van der Waals surface area contributed by atoms with Gasteiger partial charge >= 0.3 is 5.97 Å². The summed E-state index contributed by atoms with van der Waals surface area (Å²) in [6, 6.07) is 17.2. The third-order valence-corrected chi connectivity index (χ3v) is 6.53. The summed E-state index contributed by atoms with van der Waals surface area (Å²) in [5.41, 5.74) is 6.05. The fourth-order valence-electron chi connectivity index (χ4n) is 4.71.